The van der Waals surface area contributed by atoms with E-state index in [0.717, 1.165) is 6.42 Å². The molecule has 2 unspecified atom stereocenters. The molecular formula is C7H17O2P. The Labute approximate surface area is 63.4 Å². The quantitative estimate of drug-likeness (QED) is 0.597. The fourth-order valence-corrected chi connectivity index (χ4v) is 2.15. The van der Waals surface area contributed by atoms with Gasteiger partial charge in [-0.15, -0.1) is 0 Å². The van der Waals surface area contributed by atoms with Gasteiger partial charge in [0.2, 0.25) is 7.37 Å². The molecule has 0 aliphatic rings. The Kier molecular flexibility index (Phi) is 4.23. The zero-order chi connectivity index (χ0) is 8.20. The van der Waals surface area contributed by atoms with E-state index < -0.39 is 7.37 Å². The van der Waals surface area contributed by atoms with Gasteiger partial charge in [0.25, 0.3) is 0 Å². The summed E-state index contributed by atoms with van der Waals surface area (Å²) in [5, 5.41) is 0. The Bertz CT molecular complexity index is 134. The molecule has 0 spiro atoms. The summed E-state index contributed by atoms with van der Waals surface area (Å²) in [4.78, 5) is 0. The monoisotopic (exact) mass is 164 g/mol. The van der Waals surface area contributed by atoms with E-state index in [0.29, 0.717) is 6.61 Å². The van der Waals surface area contributed by atoms with Crippen molar-refractivity contribution < 1.29 is 9.09 Å². The van der Waals surface area contributed by atoms with Gasteiger partial charge in [-0.1, -0.05) is 13.8 Å². The first kappa shape index (κ1) is 10.2. The van der Waals surface area contributed by atoms with Crippen LogP contribution in [-0.4, -0.2) is 18.9 Å². The van der Waals surface area contributed by atoms with Gasteiger partial charge in [-0.25, -0.2) is 0 Å². The topological polar surface area (TPSA) is 26.3 Å². The summed E-state index contributed by atoms with van der Waals surface area (Å²) in [7, 11) is -2.28. The molecule has 0 aromatic rings. The summed E-state index contributed by atoms with van der Waals surface area (Å²) in [6.45, 7) is 8.14. The average Bonchev–Trinajstić information content (AvgIpc) is 1.86. The van der Waals surface area contributed by atoms with Crippen LogP contribution in [0.15, 0.2) is 0 Å². The average molecular weight is 164 g/mol. The predicted molar refractivity (Wildman–Crippen MR) is 44.9 cm³/mol. The molecule has 2 atom stereocenters. The Balaban J connectivity index is 3.97. The van der Waals surface area contributed by atoms with Crippen LogP contribution >= 0.6 is 7.37 Å². The molecule has 0 fully saturated rings. The van der Waals surface area contributed by atoms with Gasteiger partial charge in [0, 0.05) is 12.3 Å². The van der Waals surface area contributed by atoms with Gasteiger partial charge in [-0.2, -0.15) is 0 Å². The molecule has 0 heterocycles. The van der Waals surface area contributed by atoms with Crippen molar-refractivity contribution in [3.8, 4) is 0 Å². The maximum atomic E-state index is 11.5. The summed E-state index contributed by atoms with van der Waals surface area (Å²) in [5.74, 6) is 0. The highest BCUT2D eigenvalue weighted by atomic mass is 31.2. The van der Waals surface area contributed by atoms with E-state index in [9.17, 15) is 4.57 Å². The molecule has 10 heavy (non-hydrogen) atoms. The fourth-order valence-electron chi connectivity index (χ4n) is 0.715. The molecule has 0 aliphatic carbocycles. The summed E-state index contributed by atoms with van der Waals surface area (Å²) in [5.41, 5.74) is 0.201. The lowest BCUT2D eigenvalue weighted by Crippen LogP contribution is -2.03. The summed E-state index contributed by atoms with van der Waals surface area (Å²) in [6, 6.07) is 0. The van der Waals surface area contributed by atoms with E-state index >= 15 is 0 Å². The minimum atomic E-state index is -2.28. The number of rotatable bonds is 4. The summed E-state index contributed by atoms with van der Waals surface area (Å²) >= 11 is 0. The molecule has 0 aliphatic heterocycles. The second kappa shape index (κ2) is 4.15. The lowest BCUT2D eigenvalue weighted by molar-refractivity contribution is 0.330. The third-order valence-electron chi connectivity index (χ3n) is 1.78. The van der Waals surface area contributed by atoms with Crippen LogP contribution in [0.2, 0.25) is 0 Å². The van der Waals surface area contributed by atoms with Gasteiger partial charge in [0.05, 0.1) is 6.61 Å². The van der Waals surface area contributed by atoms with Gasteiger partial charge >= 0.3 is 0 Å². The van der Waals surface area contributed by atoms with Crippen LogP contribution in [0.3, 0.4) is 0 Å². The molecule has 0 aromatic carbocycles. The zero-order valence-corrected chi connectivity index (χ0v) is 8.15. The molecule has 0 amide bonds. The predicted octanol–water partition coefficient (Wildman–Crippen LogP) is 2.73. The molecule has 62 valence electrons. The van der Waals surface area contributed by atoms with E-state index in [2.05, 4.69) is 0 Å². The Hall–Kier alpha value is 0.190. The first-order chi connectivity index (χ1) is 4.54. The standard InChI is InChI=1S/C7H17O2P/c1-5-7(3)10(4,8)9-6-2/h7H,5-6H2,1-4H3. The fraction of sp³-hybridized carbons (Fsp3) is 1.00. The molecule has 0 bridgehead atoms. The van der Waals surface area contributed by atoms with Gasteiger partial charge in [0.15, 0.2) is 0 Å². The molecule has 0 N–H and O–H groups in total. The van der Waals surface area contributed by atoms with E-state index in [1.54, 1.807) is 6.66 Å². The molecule has 3 heteroatoms. The van der Waals surface area contributed by atoms with Crippen LogP contribution in [0.5, 0.6) is 0 Å². The third-order valence-corrected chi connectivity index (χ3v) is 4.51. The van der Waals surface area contributed by atoms with Crippen LogP contribution in [0.25, 0.3) is 0 Å². The first-order valence-corrected chi connectivity index (χ1v) is 5.90. The van der Waals surface area contributed by atoms with Crippen molar-refractivity contribution in [1.82, 2.24) is 0 Å². The van der Waals surface area contributed by atoms with Crippen LogP contribution in [0.1, 0.15) is 27.2 Å². The zero-order valence-electron chi connectivity index (χ0n) is 7.26. The molecule has 0 saturated carbocycles. The summed E-state index contributed by atoms with van der Waals surface area (Å²) in [6.07, 6.45) is 0.924. The van der Waals surface area contributed by atoms with Crippen molar-refractivity contribution in [2.24, 2.45) is 0 Å². The SMILES string of the molecule is CCOP(C)(=O)C(C)CC. The molecular weight excluding hydrogens is 147 g/mol. The van der Waals surface area contributed by atoms with Gasteiger partial charge in [-0.05, 0) is 13.3 Å². The minimum Gasteiger partial charge on any atom is -0.329 e. The third kappa shape index (κ3) is 2.85. The summed E-state index contributed by atoms with van der Waals surface area (Å²) < 4.78 is 16.7. The number of hydrogen-bond donors (Lipinski definition) is 0. The van der Waals surface area contributed by atoms with E-state index in [1.807, 2.05) is 20.8 Å². The molecule has 0 aromatic heterocycles. The highest BCUT2D eigenvalue weighted by molar-refractivity contribution is 7.58. The smallest absolute Gasteiger partial charge is 0.202 e. The van der Waals surface area contributed by atoms with Crippen LogP contribution < -0.4 is 0 Å². The van der Waals surface area contributed by atoms with Crippen molar-refractivity contribution in [2.45, 2.75) is 32.9 Å². The van der Waals surface area contributed by atoms with E-state index in [4.69, 9.17) is 4.52 Å². The second-order valence-electron chi connectivity index (χ2n) is 2.58. The van der Waals surface area contributed by atoms with Crippen molar-refractivity contribution in [3.63, 3.8) is 0 Å². The van der Waals surface area contributed by atoms with Gasteiger partial charge in [0.1, 0.15) is 0 Å². The maximum Gasteiger partial charge on any atom is 0.202 e. The molecule has 2 nitrogen and oxygen atoms in total. The first-order valence-electron chi connectivity index (χ1n) is 3.76. The maximum absolute atomic E-state index is 11.5. The van der Waals surface area contributed by atoms with Crippen LogP contribution in [-0.2, 0) is 9.09 Å². The van der Waals surface area contributed by atoms with Crippen molar-refractivity contribution in [3.05, 3.63) is 0 Å². The van der Waals surface area contributed by atoms with Crippen molar-refractivity contribution in [1.29, 1.82) is 0 Å². The Morgan fingerprint density at radius 1 is 1.50 bits per heavy atom. The van der Waals surface area contributed by atoms with Gasteiger partial charge < -0.3 is 4.52 Å². The number of hydrogen-bond acceptors (Lipinski definition) is 2. The normalized spacial score (nSPS) is 20.0. The van der Waals surface area contributed by atoms with Crippen molar-refractivity contribution in [2.75, 3.05) is 13.3 Å². The second-order valence-corrected chi connectivity index (χ2v) is 5.54. The molecule has 0 radical (unpaired) electrons. The van der Waals surface area contributed by atoms with E-state index in [1.165, 1.54) is 0 Å². The minimum absolute atomic E-state index is 0.201. The van der Waals surface area contributed by atoms with Gasteiger partial charge in [-0.3, -0.25) is 4.57 Å². The Morgan fingerprint density at radius 2 is 2.00 bits per heavy atom. The molecule has 0 rings (SSSR count). The van der Waals surface area contributed by atoms with Crippen LogP contribution in [0, 0.1) is 0 Å². The highest BCUT2D eigenvalue weighted by Crippen LogP contribution is 2.48. The Morgan fingerprint density at radius 3 is 2.30 bits per heavy atom. The lowest BCUT2D eigenvalue weighted by atomic mass is 10.4. The highest BCUT2D eigenvalue weighted by Gasteiger charge is 2.22. The van der Waals surface area contributed by atoms with Crippen LogP contribution in [0.4, 0.5) is 0 Å². The van der Waals surface area contributed by atoms with Crippen molar-refractivity contribution >= 4 is 7.37 Å². The van der Waals surface area contributed by atoms with E-state index in [-0.39, 0.29) is 5.66 Å². The molecule has 0 saturated heterocycles. The lowest BCUT2D eigenvalue weighted by Gasteiger charge is -2.18. The largest absolute Gasteiger partial charge is 0.329 e.